The first kappa shape index (κ1) is 27.8. The maximum atomic E-state index is 13.7. The lowest BCUT2D eigenvalue weighted by atomic mass is 9.94. The van der Waals surface area contributed by atoms with Gasteiger partial charge in [0.05, 0.1) is 57.4 Å². The van der Waals surface area contributed by atoms with E-state index in [9.17, 15) is 14.7 Å². The number of aromatic nitrogens is 1. The van der Waals surface area contributed by atoms with Crippen LogP contribution < -0.4 is 28.6 Å². The number of ketones is 1. The molecule has 1 unspecified atom stereocenters. The first-order chi connectivity index (χ1) is 19.8. The molecule has 5 rings (SSSR count). The fourth-order valence-corrected chi connectivity index (χ4v) is 5.93. The van der Waals surface area contributed by atoms with Crippen molar-refractivity contribution in [3.63, 3.8) is 0 Å². The smallest absolute Gasteiger partial charge is 0.301 e. The Morgan fingerprint density at radius 1 is 0.854 bits per heavy atom. The topological polar surface area (TPSA) is 117 Å². The van der Waals surface area contributed by atoms with Crippen LogP contribution in [0.25, 0.3) is 16.0 Å². The maximum absolute atomic E-state index is 13.7. The number of rotatable bonds is 8. The Bertz CT molecular complexity index is 1690. The average Bonchev–Trinajstić information content (AvgIpc) is 3.52. The summed E-state index contributed by atoms with van der Waals surface area (Å²) in [5, 5.41) is 11.9. The minimum Gasteiger partial charge on any atom is -0.507 e. The Hall–Kier alpha value is -4.77. The summed E-state index contributed by atoms with van der Waals surface area (Å²) < 4.78 is 28.0. The predicted molar refractivity (Wildman–Crippen MR) is 155 cm³/mol. The van der Waals surface area contributed by atoms with Gasteiger partial charge in [0, 0.05) is 5.56 Å². The Balaban J connectivity index is 1.78. The molecule has 1 saturated heterocycles. The van der Waals surface area contributed by atoms with E-state index in [1.54, 1.807) is 56.7 Å². The van der Waals surface area contributed by atoms with E-state index in [1.165, 1.54) is 37.6 Å². The van der Waals surface area contributed by atoms with Gasteiger partial charge in [-0.25, -0.2) is 4.98 Å². The minimum atomic E-state index is -1.06. The highest BCUT2D eigenvalue weighted by Crippen LogP contribution is 2.48. The molecule has 1 aliphatic heterocycles. The van der Waals surface area contributed by atoms with Gasteiger partial charge < -0.3 is 28.8 Å². The van der Waals surface area contributed by atoms with E-state index in [2.05, 4.69) is 4.98 Å². The zero-order chi connectivity index (χ0) is 29.4. The summed E-state index contributed by atoms with van der Waals surface area (Å²) >= 11 is 1.23. The number of fused-ring (bicyclic) bond motifs is 1. The van der Waals surface area contributed by atoms with Crippen molar-refractivity contribution in [3.05, 3.63) is 70.8 Å². The molecule has 1 N–H and O–H groups in total. The van der Waals surface area contributed by atoms with Crippen LogP contribution >= 0.6 is 11.3 Å². The molecule has 1 aliphatic rings. The minimum absolute atomic E-state index is 0.106. The Kier molecular flexibility index (Phi) is 7.46. The molecule has 1 atom stereocenters. The molecule has 1 fully saturated rings. The summed E-state index contributed by atoms with van der Waals surface area (Å²) in [4.78, 5) is 33.3. The van der Waals surface area contributed by atoms with Crippen LogP contribution in [0.1, 0.15) is 22.7 Å². The highest BCUT2D eigenvalue weighted by atomic mass is 32.1. The number of amides is 1. The fraction of sp³-hybridized carbons (Fsp3) is 0.233. The first-order valence-electron chi connectivity index (χ1n) is 12.5. The summed E-state index contributed by atoms with van der Waals surface area (Å²) in [6, 6.07) is 12.6. The molecular formula is C30H28N2O8S. The van der Waals surface area contributed by atoms with Crippen LogP contribution in [-0.4, -0.2) is 57.3 Å². The number of nitrogens with zero attached hydrogens (tertiary/aromatic N) is 2. The molecule has 41 heavy (non-hydrogen) atoms. The summed E-state index contributed by atoms with van der Waals surface area (Å²) in [7, 11) is 7.53. The van der Waals surface area contributed by atoms with Gasteiger partial charge >= 0.3 is 5.91 Å². The molecule has 3 aromatic carbocycles. The van der Waals surface area contributed by atoms with Crippen LogP contribution in [0.4, 0.5) is 5.13 Å². The zero-order valence-corrected chi connectivity index (χ0v) is 24.1. The molecule has 4 aromatic rings. The van der Waals surface area contributed by atoms with Crippen molar-refractivity contribution in [3.8, 4) is 28.7 Å². The molecule has 0 spiro atoms. The van der Waals surface area contributed by atoms with Gasteiger partial charge in [-0.05, 0) is 66.6 Å². The van der Waals surface area contributed by atoms with Crippen molar-refractivity contribution in [1.82, 2.24) is 4.98 Å². The molecule has 10 nitrogen and oxygen atoms in total. The molecule has 1 amide bonds. The third kappa shape index (κ3) is 4.67. The molecule has 0 saturated carbocycles. The number of Topliss-reactive ketones (excluding diaryl/α,β-unsaturated/α-hetero) is 1. The number of thiazole rings is 1. The molecule has 11 heteroatoms. The molecular weight excluding hydrogens is 548 g/mol. The normalized spacial score (nSPS) is 16.2. The number of benzene rings is 3. The lowest BCUT2D eigenvalue weighted by molar-refractivity contribution is -0.132. The van der Waals surface area contributed by atoms with Gasteiger partial charge in [-0.3, -0.25) is 14.5 Å². The van der Waals surface area contributed by atoms with E-state index in [1.807, 2.05) is 13.0 Å². The molecule has 1 aromatic heterocycles. The van der Waals surface area contributed by atoms with E-state index in [0.717, 1.165) is 10.3 Å². The van der Waals surface area contributed by atoms with Crippen molar-refractivity contribution in [1.29, 1.82) is 0 Å². The Morgan fingerprint density at radius 3 is 2.12 bits per heavy atom. The van der Waals surface area contributed by atoms with E-state index in [-0.39, 0.29) is 16.5 Å². The molecule has 0 bridgehead atoms. The SMILES string of the molecule is COc1ccc2nc(N3C(=O)C(=O)C(=C(O)c4ccc(OC)c(C)c4)C3c3cc(OC)c(OC)c(OC)c3)sc2c1. The van der Waals surface area contributed by atoms with Crippen molar-refractivity contribution in [2.75, 3.05) is 40.4 Å². The standard InChI is InChI=1S/C30H28N2O8S/c1-15-11-16(7-10-20(15)37-3)26(33)24-25(17-12-21(38-4)28(40-6)22(13-17)39-5)32(29(35)27(24)34)30-31-19-9-8-18(36-2)14-23(19)41-30/h7-14,25,33H,1-6H3. The lowest BCUT2D eigenvalue weighted by Crippen LogP contribution is -2.29. The van der Waals surface area contributed by atoms with Crippen molar-refractivity contribution < 1.29 is 38.4 Å². The number of hydrogen-bond acceptors (Lipinski definition) is 10. The highest BCUT2D eigenvalue weighted by molar-refractivity contribution is 7.22. The fourth-order valence-electron chi connectivity index (χ4n) is 4.91. The lowest BCUT2D eigenvalue weighted by Gasteiger charge is -2.24. The molecule has 2 heterocycles. The number of aliphatic hydroxyl groups is 1. The first-order valence-corrected chi connectivity index (χ1v) is 13.3. The summed E-state index contributed by atoms with van der Waals surface area (Å²) in [5.74, 6) is 0.210. The third-order valence-corrected chi connectivity index (χ3v) is 7.92. The number of carbonyl (C=O) groups is 2. The van der Waals surface area contributed by atoms with E-state index in [4.69, 9.17) is 23.7 Å². The van der Waals surface area contributed by atoms with Gasteiger partial charge in [0.1, 0.15) is 17.3 Å². The van der Waals surface area contributed by atoms with Crippen molar-refractivity contribution in [2.24, 2.45) is 0 Å². The van der Waals surface area contributed by atoms with E-state index in [0.29, 0.717) is 45.4 Å². The van der Waals surface area contributed by atoms with Gasteiger partial charge in [0.15, 0.2) is 16.6 Å². The molecule has 0 aliphatic carbocycles. The quantitative estimate of drug-likeness (QED) is 0.170. The van der Waals surface area contributed by atoms with Crippen LogP contribution in [-0.2, 0) is 9.59 Å². The van der Waals surface area contributed by atoms with Gasteiger partial charge in [-0.2, -0.15) is 0 Å². The van der Waals surface area contributed by atoms with E-state index < -0.39 is 17.7 Å². The number of carbonyl (C=O) groups excluding carboxylic acids is 2. The van der Waals surface area contributed by atoms with Crippen molar-refractivity contribution >= 4 is 44.1 Å². The number of methoxy groups -OCH3 is 5. The monoisotopic (exact) mass is 576 g/mol. The zero-order valence-electron chi connectivity index (χ0n) is 23.3. The van der Waals surface area contributed by atoms with Crippen LogP contribution in [0.15, 0.2) is 54.1 Å². The number of ether oxygens (including phenoxy) is 5. The molecule has 0 radical (unpaired) electrons. The third-order valence-electron chi connectivity index (χ3n) is 6.91. The summed E-state index contributed by atoms with van der Waals surface area (Å²) in [6.45, 7) is 1.82. The summed E-state index contributed by atoms with van der Waals surface area (Å²) in [5.41, 5.74) is 2.07. The van der Waals surface area contributed by atoms with Crippen LogP contribution in [0.3, 0.4) is 0 Å². The largest absolute Gasteiger partial charge is 0.507 e. The highest BCUT2D eigenvalue weighted by Gasteiger charge is 2.48. The number of anilines is 1. The van der Waals surface area contributed by atoms with Gasteiger partial charge in [0.2, 0.25) is 5.75 Å². The summed E-state index contributed by atoms with van der Waals surface area (Å²) in [6.07, 6.45) is 0. The molecule has 212 valence electrons. The Morgan fingerprint density at radius 2 is 1.54 bits per heavy atom. The Labute approximate surface area is 240 Å². The predicted octanol–water partition coefficient (Wildman–Crippen LogP) is 5.27. The van der Waals surface area contributed by atoms with E-state index >= 15 is 0 Å². The van der Waals surface area contributed by atoms with Gasteiger partial charge in [-0.15, -0.1) is 0 Å². The van der Waals surface area contributed by atoms with Gasteiger partial charge in [0.25, 0.3) is 5.78 Å². The van der Waals surface area contributed by atoms with Crippen LogP contribution in [0, 0.1) is 6.92 Å². The number of hydrogen-bond donors (Lipinski definition) is 1. The van der Waals surface area contributed by atoms with Crippen LogP contribution in [0.2, 0.25) is 0 Å². The van der Waals surface area contributed by atoms with Crippen molar-refractivity contribution in [2.45, 2.75) is 13.0 Å². The average molecular weight is 577 g/mol. The second-order valence-electron chi connectivity index (χ2n) is 9.14. The number of aryl methyl sites for hydroxylation is 1. The van der Waals surface area contributed by atoms with Crippen LogP contribution in [0.5, 0.6) is 28.7 Å². The number of aliphatic hydroxyl groups excluding tert-OH is 1. The second kappa shape index (κ2) is 11.0. The second-order valence-corrected chi connectivity index (χ2v) is 10.2. The maximum Gasteiger partial charge on any atom is 0.301 e. The van der Waals surface area contributed by atoms with Gasteiger partial charge in [-0.1, -0.05) is 11.3 Å².